The summed E-state index contributed by atoms with van der Waals surface area (Å²) in [5.74, 6) is 0. The average molecular weight is 325 g/mol. The molecule has 0 aromatic heterocycles. The molecule has 0 aliphatic carbocycles. The maximum Gasteiger partial charge on any atom is 0.261 e. The van der Waals surface area contributed by atoms with Gasteiger partial charge in [-0.25, -0.2) is 16.8 Å². The number of fused-ring (bicyclic) bond motifs is 1. The Bertz CT molecular complexity index is 755. The fourth-order valence-corrected chi connectivity index (χ4v) is 3.85. The normalized spacial score (nSPS) is 12.8. The molecule has 2 aromatic rings. The van der Waals surface area contributed by atoms with Gasteiger partial charge in [-0.3, -0.25) is 0 Å². The molecule has 18 heavy (non-hydrogen) atoms. The highest BCUT2D eigenvalue weighted by atomic mass is 35.7. The first-order valence-corrected chi connectivity index (χ1v) is 9.24. The Hall–Kier alpha value is -0.820. The summed E-state index contributed by atoms with van der Waals surface area (Å²) in [6.45, 7) is 0. The van der Waals surface area contributed by atoms with Gasteiger partial charge in [0, 0.05) is 32.1 Å². The zero-order valence-electron chi connectivity index (χ0n) is 8.67. The second-order valence-electron chi connectivity index (χ2n) is 3.48. The second kappa shape index (κ2) is 4.38. The van der Waals surface area contributed by atoms with Gasteiger partial charge in [0.2, 0.25) is 0 Å². The summed E-state index contributed by atoms with van der Waals surface area (Å²) in [6, 6.07) is 8.35. The first kappa shape index (κ1) is 13.6. The van der Waals surface area contributed by atoms with Gasteiger partial charge < -0.3 is 0 Å². The lowest BCUT2D eigenvalue weighted by molar-refractivity contribution is 0.608. The molecule has 0 aliphatic heterocycles. The number of halogens is 2. The van der Waals surface area contributed by atoms with E-state index >= 15 is 0 Å². The largest absolute Gasteiger partial charge is 0.261 e. The van der Waals surface area contributed by atoms with Crippen molar-refractivity contribution in [1.29, 1.82) is 0 Å². The van der Waals surface area contributed by atoms with Gasteiger partial charge in [0.1, 0.15) is 0 Å². The topological polar surface area (TPSA) is 68.3 Å². The average Bonchev–Trinajstić information content (AvgIpc) is 2.24. The van der Waals surface area contributed by atoms with Crippen LogP contribution in [0.1, 0.15) is 0 Å². The molecule has 0 unspecified atom stereocenters. The molecule has 0 aliphatic rings. The Morgan fingerprint density at radius 2 is 1.00 bits per heavy atom. The van der Waals surface area contributed by atoms with E-state index in [0.29, 0.717) is 0 Å². The molecule has 2 aromatic carbocycles. The lowest BCUT2D eigenvalue weighted by Crippen LogP contribution is -1.96. The smallest absolute Gasteiger partial charge is 0.207 e. The van der Waals surface area contributed by atoms with Gasteiger partial charge in [0.25, 0.3) is 18.1 Å². The Balaban J connectivity index is 3.00. The molecule has 0 amide bonds. The second-order valence-corrected chi connectivity index (χ2v) is 8.55. The number of hydrogen-bond acceptors (Lipinski definition) is 4. The molecular formula is C10H6Cl2O4S2. The van der Waals surface area contributed by atoms with Crippen molar-refractivity contribution in [3.8, 4) is 0 Å². The zero-order valence-corrected chi connectivity index (χ0v) is 11.8. The summed E-state index contributed by atoms with van der Waals surface area (Å²) in [7, 11) is 2.67. The van der Waals surface area contributed by atoms with Crippen molar-refractivity contribution < 1.29 is 16.8 Å². The van der Waals surface area contributed by atoms with Gasteiger partial charge in [0.05, 0.1) is 9.79 Å². The van der Waals surface area contributed by atoms with E-state index in [0.717, 1.165) is 0 Å². The monoisotopic (exact) mass is 324 g/mol. The van der Waals surface area contributed by atoms with Crippen LogP contribution in [0.4, 0.5) is 0 Å². The SMILES string of the molecule is O=S(=O)(Cl)c1cccc2c(S(=O)(=O)Cl)cccc12. The molecule has 2 rings (SSSR count). The van der Waals surface area contributed by atoms with Crippen LogP contribution in [0.3, 0.4) is 0 Å². The van der Waals surface area contributed by atoms with Crippen molar-refractivity contribution in [2.24, 2.45) is 0 Å². The van der Waals surface area contributed by atoms with Gasteiger partial charge in [-0.1, -0.05) is 24.3 Å². The predicted octanol–water partition coefficient (Wildman–Crippen LogP) is 2.69. The Kier molecular flexibility index (Phi) is 3.31. The molecule has 0 bridgehead atoms. The number of benzene rings is 2. The van der Waals surface area contributed by atoms with Crippen LogP contribution in [0.25, 0.3) is 10.8 Å². The third-order valence-electron chi connectivity index (χ3n) is 2.37. The fourth-order valence-electron chi connectivity index (χ4n) is 1.68. The molecule has 0 saturated heterocycles. The van der Waals surface area contributed by atoms with Gasteiger partial charge >= 0.3 is 0 Å². The van der Waals surface area contributed by atoms with E-state index < -0.39 is 18.1 Å². The van der Waals surface area contributed by atoms with Crippen molar-refractivity contribution in [2.75, 3.05) is 0 Å². The molecule has 0 fully saturated rings. The summed E-state index contributed by atoms with van der Waals surface area (Å²) in [5.41, 5.74) is 0. The van der Waals surface area contributed by atoms with E-state index in [2.05, 4.69) is 0 Å². The summed E-state index contributed by atoms with van der Waals surface area (Å²) in [4.78, 5) is -0.298. The molecule has 0 N–H and O–H groups in total. The number of hydrogen-bond donors (Lipinski definition) is 0. The van der Waals surface area contributed by atoms with Crippen LogP contribution >= 0.6 is 21.4 Å². The molecule has 0 radical (unpaired) electrons. The molecule has 96 valence electrons. The van der Waals surface area contributed by atoms with Crippen LogP contribution in [0.15, 0.2) is 46.2 Å². The minimum atomic E-state index is -3.96. The van der Waals surface area contributed by atoms with E-state index in [1.54, 1.807) is 0 Å². The van der Waals surface area contributed by atoms with Crippen molar-refractivity contribution in [3.63, 3.8) is 0 Å². The van der Waals surface area contributed by atoms with E-state index in [-0.39, 0.29) is 20.6 Å². The zero-order chi connectivity index (χ0) is 13.6. The minimum Gasteiger partial charge on any atom is -0.207 e. The van der Waals surface area contributed by atoms with Crippen LogP contribution in [-0.4, -0.2) is 16.8 Å². The van der Waals surface area contributed by atoms with Crippen molar-refractivity contribution in [1.82, 2.24) is 0 Å². The number of rotatable bonds is 2. The molecule has 0 atom stereocenters. The highest BCUT2D eigenvalue weighted by molar-refractivity contribution is 8.14. The van der Waals surface area contributed by atoms with Crippen molar-refractivity contribution in [2.45, 2.75) is 9.79 Å². The highest BCUT2D eigenvalue weighted by Gasteiger charge is 2.19. The van der Waals surface area contributed by atoms with E-state index in [1.165, 1.54) is 36.4 Å². The molecule has 0 spiro atoms. The Morgan fingerprint density at radius 3 is 1.28 bits per heavy atom. The first-order chi connectivity index (χ1) is 8.21. The maximum absolute atomic E-state index is 11.4. The molecule has 0 heterocycles. The predicted molar refractivity (Wildman–Crippen MR) is 70.0 cm³/mol. The Morgan fingerprint density at radius 1 is 0.667 bits per heavy atom. The maximum atomic E-state index is 11.4. The third-order valence-corrected chi connectivity index (χ3v) is 5.13. The summed E-state index contributed by atoms with van der Waals surface area (Å²) < 4.78 is 45.6. The van der Waals surface area contributed by atoms with Crippen LogP contribution in [0, 0.1) is 0 Å². The van der Waals surface area contributed by atoms with Crippen LogP contribution in [0.2, 0.25) is 0 Å². The lowest BCUT2D eigenvalue weighted by atomic mass is 10.1. The molecule has 4 nitrogen and oxygen atoms in total. The van der Waals surface area contributed by atoms with Gasteiger partial charge in [-0.05, 0) is 12.1 Å². The summed E-state index contributed by atoms with van der Waals surface area (Å²) in [6.07, 6.45) is 0. The fraction of sp³-hybridized carbons (Fsp3) is 0. The van der Waals surface area contributed by atoms with E-state index in [1.807, 2.05) is 0 Å². The van der Waals surface area contributed by atoms with E-state index in [4.69, 9.17) is 21.4 Å². The summed E-state index contributed by atoms with van der Waals surface area (Å²) in [5, 5.41) is 0.434. The van der Waals surface area contributed by atoms with Crippen molar-refractivity contribution >= 4 is 50.2 Å². The molecular weight excluding hydrogens is 319 g/mol. The molecule has 8 heteroatoms. The van der Waals surface area contributed by atoms with Crippen molar-refractivity contribution in [3.05, 3.63) is 36.4 Å². The lowest BCUT2D eigenvalue weighted by Gasteiger charge is -2.06. The third kappa shape index (κ3) is 2.47. The van der Waals surface area contributed by atoms with Crippen LogP contribution < -0.4 is 0 Å². The minimum absolute atomic E-state index is 0.149. The van der Waals surface area contributed by atoms with Gasteiger partial charge in [-0.2, -0.15) is 0 Å². The first-order valence-electron chi connectivity index (χ1n) is 4.62. The van der Waals surface area contributed by atoms with Crippen LogP contribution in [0.5, 0.6) is 0 Å². The molecule has 0 saturated carbocycles. The van der Waals surface area contributed by atoms with Gasteiger partial charge in [0.15, 0.2) is 0 Å². The summed E-state index contributed by atoms with van der Waals surface area (Å²) >= 11 is 0. The van der Waals surface area contributed by atoms with Gasteiger partial charge in [-0.15, -0.1) is 0 Å². The highest BCUT2D eigenvalue weighted by Crippen LogP contribution is 2.31. The quantitative estimate of drug-likeness (QED) is 0.796. The Labute approximate surface area is 113 Å². The standard InChI is InChI=1S/C10H6Cl2O4S2/c11-17(13,14)9-5-1-3-7-8(9)4-2-6-10(7)18(12,15)16/h1-6H. The van der Waals surface area contributed by atoms with Crippen LogP contribution in [-0.2, 0) is 18.1 Å². The van der Waals surface area contributed by atoms with E-state index in [9.17, 15) is 16.8 Å².